The summed E-state index contributed by atoms with van der Waals surface area (Å²) in [5, 5.41) is 0. The van der Waals surface area contributed by atoms with Gasteiger partial charge >= 0.3 is 0 Å². The van der Waals surface area contributed by atoms with E-state index in [0.29, 0.717) is 13.2 Å². The van der Waals surface area contributed by atoms with E-state index in [9.17, 15) is 0 Å². The van der Waals surface area contributed by atoms with Crippen LogP contribution in [0.4, 0.5) is 0 Å². The van der Waals surface area contributed by atoms with Crippen LogP contribution in [0.5, 0.6) is 5.75 Å². The number of hydrogen-bond acceptors (Lipinski definition) is 4. The van der Waals surface area contributed by atoms with Crippen LogP contribution >= 0.6 is 0 Å². The third-order valence-corrected chi connectivity index (χ3v) is 2.22. The second-order valence-corrected chi connectivity index (χ2v) is 3.94. The number of rotatable bonds is 5. The predicted octanol–water partition coefficient (Wildman–Crippen LogP) is 1.34. The first-order valence-electron chi connectivity index (χ1n) is 4.90. The Morgan fingerprint density at radius 2 is 2.20 bits per heavy atom. The van der Waals surface area contributed by atoms with E-state index in [1.54, 1.807) is 19.5 Å². The van der Waals surface area contributed by atoms with Crippen LogP contribution in [0.2, 0.25) is 0 Å². The average Bonchev–Trinajstić information content (AvgIpc) is 2.27. The first kappa shape index (κ1) is 11.9. The maximum Gasteiger partial charge on any atom is 0.142 e. The van der Waals surface area contributed by atoms with Gasteiger partial charge in [-0.25, -0.2) is 0 Å². The van der Waals surface area contributed by atoms with E-state index in [2.05, 4.69) is 4.98 Å². The van der Waals surface area contributed by atoms with Crippen LogP contribution in [-0.4, -0.2) is 24.3 Å². The topological polar surface area (TPSA) is 57.4 Å². The SMILES string of the molecule is COC(C)(C)COc1cnccc1CN. The molecular weight excluding hydrogens is 192 g/mol. The quantitative estimate of drug-likeness (QED) is 0.797. The summed E-state index contributed by atoms with van der Waals surface area (Å²) < 4.78 is 10.9. The third-order valence-electron chi connectivity index (χ3n) is 2.22. The summed E-state index contributed by atoms with van der Waals surface area (Å²) in [6.07, 6.45) is 3.38. The summed E-state index contributed by atoms with van der Waals surface area (Å²) in [5.41, 5.74) is 6.24. The number of aromatic nitrogens is 1. The minimum absolute atomic E-state index is 0.304. The minimum atomic E-state index is -0.304. The van der Waals surface area contributed by atoms with Crippen molar-refractivity contribution in [3.63, 3.8) is 0 Å². The first-order valence-corrected chi connectivity index (χ1v) is 4.90. The summed E-state index contributed by atoms with van der Waals surface area (Å²) >= 11 is 0. The lowest BCUT2D eigenvalue weighted by Crippen LogP contribution is -2.31. The number of ether oxygens (including phenoxy) is 2. The molecule has 2 N–H and O–H groups in total. The highest BCUT2D eigenvalue weighted by Gasteiger charge is 2.17. The molecule has 0 saturated heterocycles. The number of nitrogens with two attached hydrogens (primary N) is 1. The number of methoxy groups -OCH3 is 1. The summed E-state index contributed by atoms with van der Waals surface area (Å²) in [4.78, 5) is 4.00. The van der Waals surface area contributed by atoms with E-state index in [1.165, 1.54) is 0 Å². The van der Waals surface area contributed by atoms with Gasteiger partial charge in [0.1, 0.15) is 12.4 Å². The van der Waals surface area contributed by atoms with Gasteiger partial charge in [0.05, 0.1) is 11.8 Å². The fourth-order valence-electron chi connectivity index (χ4n) is 1.02. The predicted molar refractivity (Wildman–Crippen MR) is 58.7 cm³/mol. The maximum absolute atomic E-state index is 5.62. The Bertz CT molecular complexity index is 313. The number of pyridine rings is 1. The zero-order chi connectivity index (χ0) is 11.3. The van der Waals surface area contributed by atoms with E-state index < -0.39 is 0 Å². The minimum Gasteiger partial charge on any atom is -0.489 e. The second kappa shape index (κ2) is 5.09. The van der Waals surface area contributed by atoms with Crippen LogP contribution in [0.3, 0.4) is 0 Å². The van der Waals surface area contributed by atoms with Crippen molar-refractivity contribution in [3.8, 4) is 5.75 Å². The molecule has 0 bridgehead atoms. The van der Waals surface area contributed by atoms with Crippen molar-refractivity contribution >= 4 is 0 Å². The van der Waals surface area contributed by atoms with Crippen molar-refractivity contribution in [3.05, 3.63) is 24.0 Å². The summed E-state index contributed by atoms with van der Waals surface area (Å²) in [6, 6.07) is 1.86. The second-order valence-electron chi connectivity index (χ2n) is 3.94. The molecule has 0 aliphatic heterocycles. The fourth-order valence-corrected chi connectivity index (χ4v) is 1.02. The molecule has 0 saturated carbocycles. The molecule has 0 amide bonds. The molecule has 0 unspecified atom stereocenters. The van der Waals surface area contributed by atoms with Crippen LogP contribution in [0.25, 0.3) is 0 Å². The van der Waals surface area contributed by atoms with Crippen LogP contribution < -0.4 is 10.5 Å². The molecule has 4 heteroatoms. The molecule has 0 fully saturated rings. The van der Waals surface area contributed by atoms with Gasteiger partial charge in [0, 0.05) is 25.4 Å². The highest BCUT2D eigenvalue weighted by Crippen LogP contribution is 2.18. The highest BCUT2D eigenvalue weighted by molar-refractivity contribution is 5.29. The zero-order valence-electron chi connectivity index (χ0n) is 9.49. The molecule has 0 atom stereocenters. The Kier molecular flexibility index (Phi) is 4.05. The van der Waals surface area contributed by atoms with Gasteiger partial charge in [-0.3, -0.25) is 4.98 Å². The molecule has 0 aromatic carbocycles. The van der Waals surface area contributed by atoms with Crippen molar-refractivity contribution in [1.82, 2.24) is 4.98 Å². The molecule has 1 aromatic rings. The van der Waals surface area contributed by atoms with Crippen molar-refractivity contribution in [2.45, 2.75) is 26.0 Å². The van der Waals surface area contributed by atoms with Crippen LogP contribution in [-0.2, 0) is 11.3 Å². The number of hydrogen-bond donors (Lipinski definition) is 1. The third kappa shape index (κ3) is 3.49. The van der Waals surface area contributed by atoms with E-state index >= 15 is 0 Å². The largest absolute Gasteiger partial charge is 0.489 e. The molecule has 0 aliphatic rings. The Morgan fingerprint density at radius 3 is 2.80 bits per heavy atom. The molecular formula is C11H18N2O2. The van der Waals surface area contributed by atoms with Gasteiger partial charge in [0.25, 0.3) is 0 Å². The van der Waals surface area contributed by atoms with Gasteiger partial charge in [-0.15, -0.1) is 0 Å². The normalized spacial score (nSPS) is 11.5. The molecule has 0 spiro atoms. The Morgan fingerprint density at radius 1 is 1.47 bits per heavy atom. The average molecular weight is 210 g/mol. The lowest BCUT2D eigenvalue weighted by Gasteiger charge is -2.23. The summed E-state index contributed by atoms with van der Waals surface area (Å²) in [5.74, 6) is 0.727. The van der Waals surface area contributed by atoms with Crippen molar-refractivity contribution < 1.29 is 9.47 Å². The van der Waals surface area contributed by atoms with Crippen LogP contribution in [0.1, 0.15) is 19.4 Å². The van der Waals surface area contributed by atoms with Gasteiger partial charge in [-0.1, -0.05) is 0 Å². The van der Waals surface area contributed by atoms with Crippen molar-refractivity contribution in [1.29, 1.82) is 0 Å². The Hall–Kier alpha value is -1.13. The van der Waals surface area contributed by atoms with Gasteiger partial charge in [0.2, 0.25) is 0 Å². The van der Waals surface area contributed by atoms with Gasteiger partial charge in [-0.05, 0) is 19.9 Å². The van der Waals surface area contributed by atoms with Crippen LogP contribution in [0.15, 0.2) is 18.5 Å². The summed E-state index contributed by atoms with van der Waals surface area (Å²) in [7, 11) is 1.66. The van der Waals surface area contributed by atoms with Crippen molar-refractivity contribution in [2.24, 2.45) is 5.73 Å². The lowest BCUT2D eigenvalue weighted by atomic mass is 10.1. The van der Waals surface area contributed by atoms with Crippen LogP contribution in [0, 0.1) is 0 Å². The molecule has 4 nitrogen and oxygen atoms in total. The lowest BCUT2D eigenvalue weighted by molar-refractivity contribution is -0.0149. The molecule has 0 aliphatic carbocycles. The van der Waals surface area contributed by atoms with E-state index in [-0.39, 0.29) is 5.60 Å². The molecule has 1 aromatic heterocycles. The first-order chi connectivity index (χ1) is 7.09. The highest BCUT2D eigenvalue weighted by atomic mass is 16.5. The van der Waals surface area contributed by atoms with E-state index in [4.69, 9.17) is 15.2 Å². The van der Waals surface area contributed by atoms with E-state index in [1.807, 2.05) is 19.9 Å². The monoisotopic (exact) mass is 210 g/mol. The summed E-state index contributed by atoms with van der Waals surface area (Å²) in [6.45, 7) is 4.85. The zero-order valence-corrected chi connectivity index (χ0v) is 9.49. The van der Waals surface area contributed by atoms with Crippen molar-refractivity contribution in [2.75, 3.05) is 13.7 Å². The van der Waals surface area contributed by atoms with Gasteiger partial charge < -0.3 is 15.2 Å². The van der Waals surface area contributed by atoms with Gasteiger partial charge in [0.15, 0.2) is 0 Å². The Balaban J connectivity index is 2.65. The molecule has 15 heavy (non-hydrogen) atoms. The van der Waals surface area contributed by atoms with E-state index in [0.717, 1.165) is 11.3 Å². The van der Waals surface area contributed by atoms with Gasteiger partial charge in [-0.2, -0.15) is 0 Å². The smallest absolute Gasteiger partial charge is 0.142 e. The molecule has 0 radical (unpaired) electrons. The standard InChI is InChI=1S/C11H18N2O2/c1-11(2,14-3)8-15-10-7-13-5-4-9(10)6-12/h4-5,7H,6,8,12H2,1-3H3. The number of nitrogens with zero attached hydrogens (tertiary/aromatic N) is 1. The molecule has 84 valence electrons. The molecule has 1 heterocycles. The fraction of sp³-hybridized carbons (Fsp3) is 0.545. The Labute approximate surface area is 90.4 Å². The maximum atomic E-state index is 5.62. The molecule has 1 rings (SSSR count).